The maximum absolute atomic E-state index is 11.5. The largest absolute Gasteiger partial charge is 0.454 e. The number of hydrazone groups is 1. The van der Waals surface area contributed by atoms with Gasteiger partial charge in [0.15, 0.2) is 11.5 Å². The molecule has 1 aliphatic heterocycles. The van der Waals surface area contributed by atoms with E-state index in [1.807, 2.05) is 0 Å². The van der Waals surface area contributed by atoms with Gasteiger partial charge in [0.1, 0.15) is 0 Å². The predicted octanol–water partition coefficient (Wildman–Crippen LogP) is 0.906. The minimum atomic E-state index is -0.782. The Morgan fingerprint density at radius 3 is 2.67 bits per heavy atom. The maximum Gasteiger partial charge on any atom is 0.329 e. The van der Waals surface area contributed by atoms with Crippen LogP contribution in [0.3, 0.4) is 0 Å². The van der Waals surface area contributed by atoms with E-state index < -0.39 is 11.8 Å². The number of ether oxygens (including phenoxy) is 2. The van der Waals surface area contributed by atoms with Crippen molar-refractivity contribution < 1.29 is 19.1 Å². The van der Waals surface area contributed by atoms with Crippen molar-refractivity contribution in [2.45, 2.75) is 18.9 Å². The van der Waals surface area contributed by atoms with Crippen molar-refractivity contribution in [3.8, 4) is 11.5 Å². The first kappa shape index (κ1) is 13.9. The zero-order valence-corrected chi connectivity index (χ0v) is 12.5. The summed E-state index contributed by atoms with van der Waals surface area (Å²) in [4.78, 5) is 22.9. The van der Waals surface area contributed by atoms with Crippen LogP contribution in [-0.2, 0) is 9.59 Å². The quantitative estimate of drug-likeness (QED) is 0.480. The van der Waals surface area contributed by atoms with E-state index in [1.165, 1.54) is 6.21 Å². The number of amides is 2. The molecule has 1 fully saturated rings. The summed E-state index contributed by atoms with van der Waals surface area (Å²) in [6.07, 6.45) is 3.27. The molecule has 0 atom stereocenters. The third-order valence-electron chi connectivity index (χ3n) is 2.98. The lowest BCUT2D eigenvalue weighted by Gasteiger charge is -2.02. The summed E-state index contributed by atoms with van der Waals surface area (Å²) in [5.41, 5.74) is 2.88. The number of carbonyl (C=O) groups excluding carboxylic acids is 2. The van der Waals surface area contributed by atoms with Crippen LogP contribution in [0.15, 0.2) is 21.7 Å². The van der Waals surface area contributed by atoms with Gasteiger partial charge in [0.2, 0.25) is 6.79 Å². The smallest absolute Gasteiger partial charge is 0.329 e. The third-order valence-corrected chi connectivity index (χ3v) is 3.67. The van der Waals surface area contributed by atoms with Crippen LogP contribution in [0.4, 0.5) is 0 Å². The molecule has 21 heavy (non-hydrogen) atoms. The van der Waals surface area contributed by atoms with E-state index in [1.54, 1.807) is 12.1 Å². The number of fused-ring (bicyclic) bond motifs is 1. The van der Waals surface area contributed by atoms with Crippen LogP contribution in [0.25, 0.3) is 0 Å². The number of carbonyl (C=O) groups is 2. The molecule has 0 spiro atoms. The lowest BCUT2D eigenvalue weighted by molar-refractivity contribution is -0.139. The van der Waals surface area contributed by atoms with E-state index in [0.717, 1.165) is 17.3 Å². The number of nitrogens with zero attached hydrogens (tertiary/aromatic N) is 1. The zero-order chi connectivity index (χ0) is 14.8. The molecule has 0 radical (unpaired) electrons. The fourth-order valence-electron chi connectivity index (χ4n) is 1.72. The van der Waals surface area contributed by atoms with Gasteiger partial charge in [-0.2, -0.15) is 5.10 Å². The summed E-state index contributed by atoms with van der Waals surface area (Å²) < 4.78 is 11.2. The summed E-state index contributed by atoms with van der Waals surface area (Å²) in [7, 11) is 0. The minimum absolute atomic E-state index is 0.134. The molecule has 1 aromatic rings. The molecule has 0 unspecified atom stereocenters. The first-order valence-electron chi connectivity index (χ1n) is 6.36. The van der Waals surface area contributed by atoms with Gasteiger partial charge in [-0.05, 0) is 40.9 Å². The van der Waals surface area contributed by atoms with Gasteiger partial charge in [-0.3, -0.25) is 9.59 Å². The van der Waals surface area contributed by atoms with Gasteiger partial charge in [-0.25, -0.2) is 5.43 Å². The molecule has 1 saturated carbocycles. The van der Waals surface area contributed by atoms with E-state index in [-0.39, 0.29) is 12.8 Å². The zero-order valence-electron chi connectivity index (χ0n) is 10.9. The van der Waals surface area contributed by atoms with Crippen LogP contribution in [-0.4, -0.2) is 30.9 Å². The highest BCUT2D eigenvalue weighted by molar-refractivity contribution is 9.10. The molecule has 110 valence electrons. The summed E-state index contributed by atoms with van der Waals surface area (Å²) in [5.74, 6) is -0.196. The van der Waals surface area contributed by atoms with Crippen LogP contribution in [0, 0.1) is 0 Å². The van der Waals surface area contributed by atoms with Gasteiger partial charge in [0, 0.05) is 16.1 Å². The van der Waals surface area contributed by atoms with E-state index in [9.17, 15) is 9.59 Å². The number of halogens is 1. The number of nitrogens with one attached hydrogen (secondary N) is 2. The van der Waals surface area contributed by atoms with E-state index in [2.05, 4.69) is 31.8 Å². The predicted molar refractivity (Wildman–Crippen MR) is 77.2 cm³/mol. The van der Waals surface area contributed by atoms with Gasteiger partial charge >= 0.3 is 11.8 Å². The van der Waals surface area contributed by atoms with E-state index >= 15 is 0 Å². The van der Waals surface area contributed by atoms with E-state index in [4.69, 9.17) is 9.47 Å². The molecule has 1 aromatic carbocycles. The summed E-state index contributed by atoms with van der Waals surface area (Å²) in [6.45, 7) is 0.181. The first-order chi connectivity index (χ1) is 10.1. The van der Waals surface area contributed by atoms with Gasteiger partial charge in [-0.1, -0.05) is 0 Å². The van der Waals surface area contributed by atoms with Crippen LogP contribution < -0.4 is 20.2 Å². The van der Waals surface area contributed by atoms with Gasteiger partial charge in [0.05, 0.1) is 6.21 Å². The Labute approximate surface area is 128 Å². The average Bonchev–Trinajstić information content (AvgIpc) is 3.15. The van der Waals surface area contributed by atoms with Crippen molar-refractivity contribution >= 4 is 34.0 Å². The first-order valence-corrected chi connectivity index (χ1v) is 7.16. The van der Waals surface area contributed by atoms with Crippen LogP contribution >= 0.6 is 15.9 Å². The second kappa shape index (κ2) is 5.72. The molecule has 0 bridgehead atoms. The molecule has 2 N–H and O–H groups in total. The van der Waals surface area contributed by atoms with E-state index in [0.29, 0.717) is 17.1 Å². The van der Waals surface area contributed by atoms with Crippen molar-refractivity contribution in [1.82, 2.24) is 10.7 Å². The normalized spacial score (nSPS) is 16.0. The summed E-state index contributed by atoms with van der Waals surface area (Å²) in [6, 6.07) is 3.62. The van der Waals surface area contributed by atoms with Gasteiger partial charge in [-0.15, -0.1) is 0 Å². The van der Waals surface area contributed by atoms with Crippen molar-refractivity contribution in [3.63, 3.8) is 0 Å². The van der Waals surface area contributed by atoms with Crippen molar-refractivity contribution in [2.24, 2.45) is 5.10 Å². The summed E-state index contributed by atoms with van der Waals surface area (Å²) >= 11 is 3.37. The standard InChI is InChI=1S/C13H12BrN3O4/c14-9-4-11-10(20-6-21-11)3-7(9)5-15-17-13(19)12(18)16-8-1-2-8/h3-5,8H,1-2,6H2,(H,16,18)(H,17,19). The second-order valence-electron chi connectivity index (χ2n) is 4.67. The van der Waals surface area contributed by atoms with Crippen molar-refractivity contribution in [1.29, 1.82) is 0 Å². The second-order valence-corrected chi connectivity index (χ2v) is 5.53. The highest BCUT2D eigenvalue weighted by atomic mass is 79.9. The molecule has 1 heterocycles. The molecule has 2 amide bonds. The topological polar surface area (TPSA) is 89.0 Å². The average molecular weight is 354 g/mol. The SMILES string of the molecule is O=C(NN=Cc1cc2c(cc1Br)OCO2)C(=O)NC1CC1. The van der Waals surface area contributed by atoms with Crippen LogP contribution in [0.1, 0.15) is 18.4 Å². The Morgan fingerprint density at radius 1 is 1.24 bits per heavy atom. The Bertz CT molecular complexity index is 628. The van der Waals surface area contributed by atoms with Gasteiger partial charge in [0.25, 0.3) is 0 Å². The summed E-state index contributed by atoms with van der Waals surface area (Å²) in [5, 5.41) is 6.34. The minimum Gasteiger partial charge on any atom is -0.454 e. The Morgan fingerprint density at radius 2 is 1.95 bits per heavy atom. The molecule has 2 aliphatic rings. The maximum atomic E-state index is 11.5. The monoisotopic (exact) mass is 353 g/mol. The Balaban J connectivity index is 1.60. The molecule has 0 aromatic heterocycles. The van der Waals surface area contributed by atoms with Crippen LogP contribution in [0.2, 0.25) is 0 Å². The lowest BCUT2D eigenvalue weighted by atomic mass is 10.2. The highest BCUT2D eigenvalue weighted by Crippen LogP contribution is 2.36. The molecular weight excluding hydrogens is 342 g/mol. The molecular formula is C13H12BrN3O4. The number of rotatable bonds is 3. The third kappa shape index (κ3) is 3.33. The Hall–Kier alpha value is -2.09. The fourth-order valence-corrected chi connectivity index (χ4v) is 2.15. The molecule has 7 nitrogen and oxygen atoms in total. The van der Waals surface area contributed by atoms with Gasteiger partial charge < -0.3 is 14.8 Å². The Kier molecular flexibility index (Phi) is 3.78. The number of benzene rings is 1. The van der Waals surface area contributed by atoms with Crippen LogP contribution in [0.5, 0.6) is 11.5 Å². The molecule has 0 saturated heterocycles. The van der Waals surface area contributed by atoms with Crippen molar-refractivity contribution in [3.05, 3.63) is 22.2 Å². The number of hydrogen-bond acceptors (Lipinski definition) is 5. The number of hydrogen-bond donors (Lipinski definition) is 2. The molecule has 8 heteroatoms. The van der Waals surface area contributed by atoms with Crippen molar-refractivity contribution in [2.75, 3.05) is 6.79 Å². The fraction of sp³-hybridized carbons (Fsp3) is 0.308. The molecule has 3 rings (SSSR count). The lowest BCUT2D eigenvalue weighted by Crippen LogP contribution is -2.38. The highest BCUT2D eigenvalue weighted by Gasteiger charge is 2.26. The molecule has 1 aliphatic carbocycles.